The van der Waals surface area contributed by atoms with Gasteiger partial charge >= 0.3 is 0 Å². The molecule has 0 bridgehead atoms. The van der Waals surface area contributed by atoms with Gasteiger partial charge in [-0.15, -0.1) is 0 Å². The second kappa shape index (κ2) is 5.67. The lowest BCUT2D eigenvalue weighted by atomic mass is 10.1. The van der Waals surface area contributed by atoms with Gasteiger partial charge in [0, 0.05) is 18.5 Å². The minimum Gasteiger partial charge on any atom is -0.493 e. The Bertz CT molecular complexity index is 704. The van der Waals surface area contributed by atoms with E-state index in [-0.39, 0.29) is 11.9 Å². The van der Waals surface area contributed by atoms with Crippen LogP contribution in [0.5, 0.6) is 11.5 Å². The number of amides is 1. The Hall–Kier alpha value is -2.56. The Balaban J connectivity index is 2.06. The first-order valence-corrected chi connectivity index (χ1v) is 7.14. The van der Waals surface area contributed by atoms with E-state index in [9.17, 15) is 4.79 Å². The number of fused-ring (bicyclic) bond motifs is 2. The van der Waals surface area contributed by atoms with E-state index >= 15 is 0 Å². The van der Waals surface area contributed by atoms with E-state index in [0.717, 1.165) is 12.0 Å². The Morgan fingerprint density at radius 2 is 2.00 bits per heavy atom. The summed E-state index contributed by atoms with van der Waals surface area (Å²) < 4.78 is 10.6. The summed E-state index contributed by atoms with van der Waals surface area (Å²) in [6.07, 6.45) is 8.49. The van der Waals surface area contributed by atoms with E-state index in [1.165, 1.54) is 0 Å². The van der Waals surface area contributed by atoms with Crippen molar-refractivity contribution < 1.29 is 14.3 Å². The summed E-state index contributed by atoms with van der Waals surface area (Å²) in [5, 5.41) is 0. The second-order valence-electron chi connectivity index (χ2n) is 5.19. The molecule has 0 spiro atoms. The van der Waals surface area contributed by atoms with E-state index in [0.29, 0.717) is 22.7 Å². The molecule has 114 valence electrons. The molecule has 22 heavy (non-hydrogen) atoms. The summed E-state index contributed by atoms with van der Waals surface area (Å²) in [4.78, 5) is 19.0. The first kappa shape index (κ1) is 14.4. The van der Waals surface area contributed by atoms with Crippen molar-refractivity contribution in [3.8, 4) is 11.5 Å². The first-order valence-electron chi connectivity index (χ1n) is 7.14. The zero-order chi connectivity index (χ0) is 15.7. The molecule has 5 nitrogen and oxygen atoms in total. The third-order valence-electron chi connectivity index (χ3n) is 3.84. The van der Waals surface area contributed by atoms with E-state index in [1.54, 1.807) is 31.3 Å². The van der Waals surface area contributed by atoms with Crippen LogP contribution in [0.4, 0.5) is 5.69 Å². The fourth-order valence-corrected chi connectivity index (χ4v) is 2.78. The average molecular weight is 298 g/mol. The molecule has 0 aliphatic carbocycles. The van der Waals surface area contributed by atoms with Crippen molar-refractivity contribution in [1.82, 2.24) is 4.90 Å². The molecule has 0 saturated heterocycles. The topological polar surface area (TPSA) is 51.1 Å². The number of hydrogen-bond donors (Lipinski definition) is 0. The molecule has 1 amide bonds. The minimum absolute atomic E-state index is 0.0388. The van der Waals surface area contributed by atoms with Crippen LogP contribution in [0.25, 0.3) is 0 Å². The van der Waals surface area contributed by atoms with Gasteiger partial charge in [0.15, 0.2) is 11.5 Å². The number of carbonyl (C=O) groups excluding carboxylic acids is 1. The van der Waals surface area contributed by atoms with Gasteiger partial charge in [0.05, 0.1) is 31.5 Å². The van der Waals surface area contributed by atoms with E-state index in [2.05, 4.69) is 4.99 Å². The molecular weight excluding hydrogens is 280 g/mol. The Labute approximate surface area is 129 Å². The number of aliphatic imine (C=N–C) groups is 1. The van der Waals surface area contributed by atoms with Crippen LogP contribution in [0.15, 0.2) is 41.1 Å². The number of carbonyl (C=O) groups is 1. The van der Waals surface area contributed by atoms with Crippen LogP contribution < -0.4 is 9.47 Å². The van der Waals surface area contributed by atoms with Crippen LogP contribution in [-0.4, -0.2) is 37.3 Å². The van der Waals surface area contributed by atoms with Crippen molar-refractivity contribution in [3.63, 3.8) is 0 Å². The maximum absolute atomic E-state index is 12.8. The van der Waals surface area contributed by atoms with E-state index in [4.69, 9.17) is 9.47 Å². The highest BCUT2D eigenvalue weighted by molar-refractivity contribution is 6.04. The number of benzene rings is 1. The molecule has 0 fully saturated rings. The largest absolute Gasteiger partial charge is 0.493 e. The monoisotopic (exact) mass is 298 g/mol. The smallest absolute Gasteiger partial charge is 0.260 e. The lowest BCUT2D eigenvalue weighted by Gasteiger charge is -2.18. The zero-order valence-electron chi connectivity index (χ0n) is 12.9. The zero-order valence-corrected chi connectivity index (χ0v) is 12.9. The normalized spacial score (nSPS) is 19.8. The molecule has 0 aromatic heterocycles. The van der Waals surface area contributed by atoms with Gasteiger partial charge in [-0.2, -0.15) is 0 Å². The van der Waals surface area contributed by atoms with Gasteiger partial charge < -0.3 is 14.4 Å². The molecule has 2 aliphatic rings. The van der Waals surface area contributed by atoms with Gasteiger partial charge in [0.25, 0.3) is 5.91 Å². The summed E-state index contributed by atoms with van der Waals surface area (Å²) in [6, 6.07) is 3.39. The summed E-state index contributed by atoms with van der Waals surface area (Å²) >= 11 is 0. The lowest BCUT2D eigenvalue weighted by molar-refractivity contribution is 0.0817. The number of nitrogens with zero attached hydrogens (tertiary/aromatic N) is 2. The van der Waals surface area contributed by atoms with Crippen molar-refractivity contribution >= 4 is 17.8 Å². The van der Waals surface area contributed by atoms with E-state index in [1.807, 2.05) is 31.5 Å². The van der Waals surface area contributed by atoms with Crippen molar-refractivity contribution in [2.45, 2.75) is 19.4 Å². The van der Waals surface area contributed by atoms with E-state index < -0.39 is 0 Å². The van der Waals surface area contributed by atoms with Gasteiger partial charge in [0.2, 0.25) is 0 Å². The molecule has 1 aromatic carbocycles. The first-order chi connectivity index (χ1) is 10.7. The van der Waals surface area contributed by atoms with Gasteiger partial charge in [0.1, 0.15) is 0 Å². The number of rotatable bonds is 3. The molecule has 5 heteroatoms. The van der Waals surface area contributed by atoms with Gasteiger partial charge in [-0.25, -0.2) is 0 Å². The summed E-state index contributed by atoms with van der Waals surface area (Å²) in [5.41, 5.74) is 2.25. The number of hydrogen-bond acceptors (Lipinski definition) is 4. The fourth-order valence-electron chi connectivity index (χ4n) is 2.78. The van der Waals surface area contributed by atoms with Crippen LogP contribution in [0, 0.1) is 0 Å². The second-order valence-corrected chi connectivity index (χ2v) is 5.19. The summed E-state index contributed by atoms with van der Waals surface area (Å²) in [7, 11) is 3.12. The molecule has 2 aliphatic heterocycles. The molecule has 2 heterocycles. The van der Waals surface area contributed by atoms with Crippen molar-refractivity contribution in [2.24, 2.45) is 4.99 Å². The molecule has 3 rings (SSSR count). The van der Waals surface area contributed by atoms with Crippen molar-refractivity contribution in [2.75, 3.05) is 14.2 Å². The molecule has 1 aromatic rings. The fraction of sp³-hybridized carbons (Fsp3) is 0.294. The molecule has 0 saturated carbocycles. The third kappa shape index (κ3) is 2.28. The number of ether oxygens (including phenoxy) is 2. The lowest BCUT2D eigenvalue weighted by Crippen LogP contribution is -2.32. The Morgan fingerprint density at radius 3 is 2.68 bits per heavy atom. The van der Waals surface area contributed by atoms with Gasteiger partial charge in [-0.3, -0.25) is 9.79 Å². The number of methoxy groups -OCH3 is 2. The van der Waals surface area contributed by atoms with Crippen LogP contribution in [0.2, 0.25) is 0 Å². The molecule has 0 unspecified atom stereocenters. The maximum Gasteiger partial charge on any atom is 0.260 e. The SMILES string of the molecule is C/C=C\C1=CN2C(=O)c3cc(OC)c(OC)cc3N=C[C@@H]2C1. The van der Waals surface area contributed by atoms with Crippen LogP contribution in [0.1, 0.15) is 23.7 Å². The Morgan fingerprint density at radius 1 is 1.27 bits per heavy atom. The highest BCUT2D eigenvalue weighted by Crippen LogP contribution is 2.38. The van der Waals surface area contributed by atoms with Gasteiger partial charge in [-0.05, 0) is 25.0 Å². The van der Waals surface area contributed by atoms with Crippen LogP contribution >= 0.6 is 0 Å². The molecule has 0 radical (unpaired) electrons. The molecule has 1 atom stereocenters. The van der Waals surface area contributed by atoms with Crippen molar-refractivity contribution in [3.05, 3.63) is 41.6 Å². The standard InChI is InChI=1S/C17H18N2O3/c1-4-5-11-6-12-9-18-14-8-16(22-3)15(21-2)7-13(14)17(20)19(12)10-11/h4-5,7-10,12H,6H2,1-3H3/b5-4-/t12-/m0/s1. The molecule has 0 N–H and O–H groups in total. The molecular formula is C17H18N2O3. The predicted molar refractivity (Wildman–Crippen MR) is 85.2 cm³/mol. The highest BCUT2D eigenvalue weighted by Gasteiger charge is 2.32. The quantitative estimate of drug-likeness (QED) is 0.861. The highest BCUT2D eigenvalue weighted by atomic mass is 16.5. The number of allylic oxidation sites excluding steroid dienone is 2. The van der Waals surface area contributed by atoms with Gasteiger partial charge in [-0.1, -0.05) is 12.2 Å². The van der Waals surface area contributed by atoms with Crippen LogP contribution in [0.3, 0.4) is 0 Å². The minimum atomic E-state index is -0.0713. The van der Waals surface area contributed by atoms with Crippen LogP contribution in [-0.2, 0) is 0 Å². The maximum atomic E-state index is 12.8. The summed E-state index contributed by atoms with van der Waals surface area (Å²) in [5.74, 6) is 1.02. The predicted octanol–water partition coefficient (Wildman–Crippen LogP) is 3.09. The average Bonchev–Trinajstić information content (AvgIpc) is 2.89. The third-order valence-corrected chi connectivity index (χ3v) is 3.84. The Kier molecular flexibility index (Phi) is 3.71. The van der Waals surface area contributed by atoms with Crippen molar-refractivity contribution in [1.29, 1.82) is 0 Å². The summed E-state index contributed by atoms with van der Waals surface area (Å²) in [6.45, 7) is 1.97.